The van der Waals surface area contributed by atoms with E-state index in [0.29, 0.717) is 6.54 Å². The van der Waals surface area contributed by atoms with Gasteiger partial charge in [0.25, 0.3) is 0 Å². The fraction of sp³-hybridized carbons (Fsp3) is 0.167. The monoisotopic (exact) mass is 329 g/mol. The van der Waals surface area contributed by atoms with Crippen molar-refractivity contribution in [3.8, 4) is 17.1 Å². The van der Waals surface area contributed by atoms with Crippen molar-refractivity contribution in [3.63, 3.8) is 0 Å². The minimum absolute atomic E-state index is 0. The molecule has 4 nitrogen and oxygen atoms in total. The van der Waals surface area contributed by atoms with Gasteiger partial charge in [-0.15, -0.1) is 0 Å². The molecule has 0 saturated heterocycles. The highest BCUT2D eigenvalue weighted by atomic mass is 35.5. The summed E-state index contributed by atoms with van der Waals surface area (Å²) in [6, 6.07) is 15.8. The summed E-state index contributed by atoms with van der Waals surface area (Å²) in [7, 11) is 1.66. The molecule has 3 rings (SSSR count). The van der Waals surface area contributed by atoms with Crippen LogP contribution in [-0.4, -0.2) is 12.1 Å². The van der Waals surface area contributed by atoms with Crippen LogP contribution in [-0.2, 0) is 13.1 Å². The molecule has 0 bridgehead atoms. The molecular weight excluding hydrogens is 312 g/mol. The first-order valence-corrected chi connectivity index (χ1v) is 7.18. The van der Waals surface area contributed by atoms with Crippen LogP contribution in [0.2, 0.25) is 0 Å². The third kappa shape index (κ3) is 4.58. The fourth-order valence-electron chi connectivity index (χ4n) is 2.24. The highest BCUT2D eigenvalue weighted by Gasteiger charge is 2.05. The summed E-state index contributed by atoms with van der Waals surface area (Å²) in [5, 5.41) is 3.35. The van der Waals surface area contributed by atoms with Crippen molar-refractivity contribution in [1.82, 2.24) is 10.3 Å². The van der Waals surface area contributed by atoms with Crippen molar-refractivity contribution in [1.29, 1.82) is 0 Å². The maximum atomic E-state index is 5.87. The van der Waals surface area contributed by atoms with Crippen molar-refractivity contribution in [2.45, 2.75) is 13.1 Å². The van der Waals surface area contributed by atoms with Gasteiger partial charge < -0.3 is 26.9 Å². The number of rotatable bonds is 6. The maximum absolute atomic E-state index is 5.87. The molecule has 2 aromatic heterocycles. The van der Waals surface area contributed by atoms with Crippen molar-refractivity contribution >= 4 is 0 Å². The van der Waals surface area contributed by atoms with E-state index in [1.165, 1.54) is 0 Å². The highest BCUT2D eigenvalue weighted by molar-refractivity contribution is 5.59. The van der Waals surface area contributed by atoms with Crippen molar-refractivity contribution in [2.24, 2.45) is 0 Å². The maximum Gasteiger partial charge on any atom is 0.134 e. The molecule has 23 heavy (non-hydrogen) atoms. The minimum Gasteiger partial charge on any atom is -1.00 e. The van der Waals surface area contributed by atoms with E-state index in [1.807, 2.05) is 54.7 Å². The Balaban J connectivity index is 0.00000192. The Hall–Kier alpha value is -2.30. The number of halogens is 1. The van der Waals surface area contributed by atoms with Crippen LogP contribution in [0.5, 0.6) is 5.75 Å². The Morgan fingerprint density at radius 3 is 2.78 bits per heavy atom. The molecule has 0 amide bonds. The second kappa shape index (κ2) is 8.36. The molecule has 0 aliphatic rings. The number of methoxy groups -OCH3 is 1. The topological polar surface area (TPSA) is 47.3 Å². The lowest BCUT2D eigenvalue weighted by Crippen LogP contribution is -3.00. The number of hydrogen-bond acceptors (Lipinski definition) is 4. The molecular formula is C18H18ClN2O2-. The number of pyridine rings is 1. The van der Waals surface area contributed by atoms with E-state index in [4.69, 9.17) is 9.15 Å². The molecule has 0 saturated carbocycles. The summed E-state index contributed by atoms with van der Waals surface area (Å²) >= 11 is 0. The third-order valence-corrected chi connectivity index (χ3v) is 3.37. The smallest absolute Gasteiger partial charge is 0.134 e. The van der Waals surface area contributed by atoms with Gasteiger partial charge in [-0.05, 0) is 35.9 Å². The Labute approximate surface area is 141 Å². The summed E-state index contributed by atoms with van der Waals surface area (Å²) in [5.74, 6) is 2.57. The fourth-order valence-corrected chi connectivity index (χ4v) is 2.24. The van der Waals surface area contributed by atoms with Crippen LogP contribution in [0.25, 0.3) is 11.3 Å². The Bertz CT molecular complexity index is 729. The standard InChI is InChI=1S/C18H18N2O2.ClH/c1-21-16-6-2-5-15(10-16)18-8-7-17(22-18)13-20-12-14-4-3-9-19-11-14;/h2-11,20H,12-13H2,1H3;1H/p-1. The van der Waals surface area contributed by atoms with Gasteiger partial charge in [0.1, 0.15) is 17.3 Å². The number of nitrogens with one attached hydrogen (secondary N) is 1. The van der Waals surface area contributed by atoms with Gasteiger partial charge in [-0.3, -0.25) is 4.98 Å². The predicted octanol–water partition coefficient (Wildman–Crippen LogP) is 0.644. The van der Waals surface area contributed by atoms with Crippen LogP contribution in [0.15, 0.2) is 65.3 Å². The van der Waals surface area contributed by atoms with Crippen molar-refractivity contribution in [3.05, 3.63) is 72.2 Å². The van der Waals surface area contributed by atoms with E-state index in [-0.39, 0.29) is 12.4 Å². The summed E-state index contributed by atoms with van der Waals surface area (Å²) < 4.78 is 11.1. The average Bonchev–Trinajstić information content (AvgIpc) is 3.05. The molecule has 0 spiro atoms. The Kier molecular flexibility index (Phi) is 6.20. The molecule has 0 unspecified atom stereocenters. The Morgan fingerprint density at radius 1 is 1.09 bits per heavy atom. The van der Waals surface area contributed by atoms with Crippen LogP contribution < -0.4 is 22.5 Å². The van der Waals surface area contributed by atoms with Crippen LogP contribution in [0.3, 0.4) is 0 Å². The zero-order valence-electron chi connectivity index (χ0n) is 12.8. The normalized spacial score (nSPS) is 10.1. The lowest BCUT2D eigenvalue weighted by Gasteiger charge is -2.03. The molecule has 2 heterocycles. The number of nitrogens with zero attached hydrogens (tertiary/aromatic N) is 1. The highest BCUT2D eigenvalue weighted by Crippen LogP contribution is 2.25. The second-order valence-electron chi connectivity index (χ2n) is 4.96. The number of ether oxygens (including phenoxy) is 1. The van der Waals surface area contributed by atoms with Crippen molar-refractivity contribution in [2.75, 3.05) is 7.11 Å². The number of aromatic nitrogens is 1. The molecule has 1 aromatic carbocycles. The molecule has 3 aromatic rings. The third-order valence-electron chi connectivity index (χ3n) is 3.37. The lowest BCUT2D eigenvalue weighted by atomic mass is 10.2. The zero-order chi connectivity index (χ0) is 15.2. The SMILES string of the molecule is COc1cccc(-c2ccc(CNCc3cccnc3)o2)c1.[Cl-]. The van der Waals surface area contributed by atoms with E-state index in [2.05, 4.69) is 10.3 Å². The van der Waals surface area contributed by atoms with Gasteiger partial charge in [-0.2, -0.15) is 0 Å². The van der Waals surface area contributed by atoms with Crippen molar-refractivity contribution < 1.29 is 21.6 Å². The van der Waals surface area contributed by atoms with E-state index in [1.54, 1.807) is 13.3 Å². The van der Waals surface area contributed by atoms with E-state index in [9.17, 15) is 0 Å². The van der Waals surface area contributed by atoms with E-state index < -0.39 is 0 Å². The number of benzene rings is 1. The average molecular weight is 330 g/mol. The molecule has 0 aliphatic carbocycles. The van der Waals surface area contributed by atoms with Gasteiger partial charge in [0.15, 0.2) is 0 Å². The van der Waals surface area contributed by atoms with Gasteiger partial charge >= 0.3 is 0 Å². The minimum atomic E-state index is 0. The summed E-state index contributed by atoms with van der Waals surface area (Å²) in [4.78, 5) is 4.10. The number of hydrogen-bond donors (Lipinski definition) is 1. The first kappa shape index (κ1) is 17.1. The summed E-state index contributed by atoms with van der Waals surface area (Å²) in [6.45, 7) is 1.45. The first-order valence-electron chi connectivity index (χ1n) is 7.18. The van der Waals surface area contributed by atoms with Gasteiger partial charge in [0.2, 0.25) is 0 Å². The van der Waals surface area contributed by atoms with Gasteiger partial charge in [-0.1, -0.05) is 18.2 Å². The number of furan rings is 1. The van der Waals surface area contributed by atoms with Gasteiger partial charge in [0.05, 0.1) is 13.7 Å². The summed E-state index contributed by atoms with van der Waals surface area (Å²) in [5.41, 5.74) is 2.17. The predicted molar refractivity (Wildman–Crippen MR) is 85.5 cm³/mol. The Morgan fingerprint density at radius 2 is 2.00 bits per heavy atom. The molecule has 1 N–H and O–H groups in total. The molecule has 0 atom stereocenters. The largest absolute Gasteiger partial charge is 1.00 e. The molecule has 0 radical (unpaired) electrons. The summed E-state index contributed by atoms with van der Waals surface area (Å²) in [6.07, 6.45) is 3.63. The first-order chi connectivity index (χ1) is 10.8. The molecule has 120 valence electrons. The van der Waals surface area contributed by atoms with Gasteiger partial charge in [0, 0.05) is 24.5 Å². The van der Waals surface area contributed by atoms with Crippen LogP contribution in [0.1, 0.15) is 11.3 Å². The quantitative estimate of drug-likeness (QED) is 0.721. The van der Waals surface area contributed by atoms with Crippen LogP contribution in [0, 0.1) is 0 Å². The zero-order valence-corrected chi connectivity index (χ0v) is 13.6. The van der Waals surface area contributed by atoms with Crippen LogP contribution >= 0.6 is 0 Å². The van der Waals surface area contributed by atoms with Gasteiger partial charge in [-0.25, -0.2) is 0 Å². The molecule has 0 aliphatic heterocycles. The second-order valence-corrected chi connectivity index (χ2v) is 4.96. The molecule has 0 fully saturated rings. The molecule has 5 heteroatoms. The van der Waals surface area contributed by atoms with Crippen LogP contribution in [0.4, 0.5) is 0 Å². The van der Waals surface area contributed by atoms with E-state index >= 15 is 0 Å². The van der Waals surface area contributed by atoms with E-state index in [0.717, 1.165) is 34.9 Å². The lowest BCUT2D eigenvalue weighted by molar-refractivity contribution is -0.00000539.